The summed E-state index contributed by atoms with van der Waals surface area (Å²) in [5.41, 5.74) is 5.56. The first-order chi connectivity index (χ1) is 11.0. The van der Waals surface area contributed by atoms with Crippen LogP contribution in [0.1, 0.15) is 23.2 Å². The fourth-order valence-electron chi connectivity index (χ4n) is 2.73. The van der Waals surface area contributed by atoms with E-state index in [1.165, 1.54) is 24.9 Å². The second-order valence-corrected chi connectivity index (χ2v) is 6.30. The highest BCUT2D eigenvalue weighted by Gasteiger charge is 2.29. The van der Waals surface area contributed by atoms with Gasteiger partial charge in [0.15, 0.2) is 0 Å². The molecule has 1 amide bonds. The van der Waals surface area contributed by atoms with Gasteiger partial charge in [-0.2, -0.15) is 0 Å². The molecule has 7 nitrogen and oxygen atoms in total. The summed E-state index contributed by atoms with van der Waals surface area (Å²) in [6.45, 7) is 1.78. The van der Waals surface area contributed by atoms with E-state index in [4.69, 9.17) is 10.5 Å². The molecule has 0 aliphatic carbocycles. The molecular formula is C15H21N3O4S. The van der Waals surface area contributed by atoms with Gasteiger partial charge in [-0.05, 0) is 37.6 Å². The van der Waals surface area contributed by atoms with E-state index < -0.39 is 4.92 Å². The van der Waals surface area contributed by atoms with Gasteiger partial charge in [-0.15, -0.1) is 11.8 Å². The summed E-state index contributed by atoms with van der Waals surface area (Å²) in [6, 6.07) is 2.88. The molecule has 23 heavy (non-hydrogen) atoms. The van der Waals surface area contributed by atoms with Gasteiger partial charge >= 0.3 is 0 Å². The van der Waals surface area contributed by atoms with Crippen molar-refractivity contribution >= 4 is 23.4 Å². The summed E-state index contributed by atoms with van der Waals surface area (Å²) in [5, 5.41) is 11.3. The monoisotopic (exact) mass is 339 g/mol. The van der Waals surface area contributed by atoms with Crippen LogP contribution < -0.4 is 10.5 Å². The summed E-state index contributed by atoms with van der Waals surface area (Å²) in [6.07, 6.45) is 3.51. The Balaban J connectivity index is 2.33. The third-order valence-corrected chi connectivity index (χ3v) is 4.92. The van der Waals surface area contributed by atoms with Crippen LogP contribution in [0.5, 0.6) is 5.75 Å². The SMILES string of the molecule is COc1cc([N+](=O)[O-])c(C(=O)N2CCC(CN)CC2)cc1SC. The Morgan fingerprint density at radius 3 is 2.61 bits per heavy atom. The Hall–Kier alpha value is -1.80. The van der Waals surface area contributed by atoms with Crippen molar-refractivity contribution in [1.82, 2.24) is 4.90 Å². The molecule has 0 bridgehead atoms. The number of hydrogen-bond donors (Lipinski definition) is 1. The van der Waals surface area contributed by atoms with Crippen molar-refractivity contribution in [3.05, 3.63) is 27.8 Å². The lowest BCUT2D eigenvalue weighted by molar-refractivity contribution is -0.385. The lowest BCUT2D eigenvalue weighted by Crippen LogP contribution is -2.40. The Labute approximate surface area is 139 Å². The quantitative estimate of drug-likeness (QED) is 0.501. The zero-order valence-electron chi connectivity index (χ0n) is 13.3. The number of piperidine rings is 1. The Morgan fingerprint density at radius 1 is 1.48 bits per heavy atom. The first-order valence-corrected chi connectivity index (χ1v) is 8.64. The number of amides is 1. The van der Waals surface area contributed by atoms with E-state index in [0.717, 1.165) is 12.8 Å². The van der Waals surface area contributed by atoms with Crippen LogP contribution in [-0.2, 0) is 0 Å². The Bertz CT molecular complexity index is 601. The molecule has 1 aliphatic rings. The van der Waals surface area contributed by atoms with E-state index in [-0.39, 0.29) is 17.2 Å². The molecule has 0 saturated carbocycles. The minimum absolute atomic E-state index is 0.117. The third-order valence-electron chi connectivity index (χ3n) is 4.16. The number of carbonyl (C=O) groups excluding carboxylic acids is 1. The van der Waals surface area contributed by atoms with Gasteiger partial charge in [0.25, 0.3) is 11.6 Å². The molecule has 1 saturated heterocycles. The number of hydrogen-bond acceptors (Lipinski definition) is 6. The summed E-state index contributed by atoms with van der Waals surface area (Å²) >= 11 is 1.39. The smallest absolute Gasteiger partial charge is 0.285 e. The number of nitro benzene ring substituents is 1. The van der Waals surface area contributed by atoms with Crippen LogP contribution in [0, 0.1) is 16.0 Å². The largest absolute Gasteiger partial charge is 0.495 e. The van der Waals surface area contributed by atoms with Crippen molar-refractivity contribution in [3.8, 4) is 5.75 Å². The number of benzene rings is 1. The van der Waals surface area contributed by atoms with Crippen molar-refractivity contribution in [2.75, 3.05) is 33.0 Å². The molecule has 0 spiro atoms. The number of carbonyl (C=O) groups is 1. The fourth-order valence-corrected chi connectivity index (χ4v) is 3.31. The van der Waals surface area contributed by atoms with Crippen LogP contribution in [0.4, 0.5) is 5.69 Å². The normalized spacial score (nSPS) is 15.5. The summed E-state index contributed by atoms with van der Waals surface area (Å²) in [7, 11) is 1.46. The molecule has 1 fully saturated rings. The molecule has 1 aromatic carbocycles. The highest BCUT2D eigenvalue weighted by atomic mass is 32.2. The predicted molar refractivity (Wildman–Crippen MR) is 89.1 cm³/mol. The molecule has 0 aromatic heterocycles. The second kappa shape index (κ2) is 7.65. The number of methoxy groups -OCH3 is 1. The zero-order valence-corrected chi connectivity index (χ0v) is 14.1. The van der Waals surface area contributed by atoms with Gasteiger partial charge in [-0.3, -0.25) is 14.9 Å². The Kier molecular flexibility index (Phi) is 5.84. The minimum atomic E-state index is -0.535. The van der Waals surface area contributed by atoms with Crippen molar-refractivity contribution in [3.63, 3.8) is 0 Å². The highest BCUT2D eigenvalue weighted by Crippen LogP contribution is 2.35. The third kappa shape index (κ3) is 3.76. The second-order valence-electron chi connectivity index (χ2n) is 5.45. The van der Waals surface area contributed by atoms with Crippen LogP contribution in [0.3, 0.4) is 0 Å². The first-order valence-electron chi connectivity index (χ1n) is 7.41. The molecule has 2 rings (SSSR count). The summed E-state index contributed by atoms with van der Waals surface area (Å²) < 4.78 is 5.17. The maximum atomic E-state index is 12.7. The summed E-state index contributed by atoms with van der Waals surface area (Å²) in [4.78, 5) is 25.9. The number of nitrogens with zero attached hydrogens (tertiary/aromatic N) is 2. The summed E-state index contributed by atoms with van der Waals surface area (Å²) in [5.74, 6) is 0.527. The van der Waals surface area contributed by atoms with Crippen molar-refractivity contribution < 1.29 is 14.5 Å². The molecule has 0 unspecified atom stereocenters. The van der Waals surface area contributed by atoms with E-state index in [1.54, 1.807) is 11.0 Å². The van der Waals surface area contributed by atoms with Crippen molar-refractivity contribution in [2.45, 2.75) is 17.7 Å². The zero-order chi connectivity index (χ0) is 17.0. The van der Waals surface area contributed by atoms with Gasteiger partial charge in [0.1, 0.15) is 11.3 Å². The number of likely N-dealkylation sites (tertiary alicyclic amines) is 1. The molecule has 2 N–H and O–H groups in total. The van der Waals surface area contributed by atoms with Gasteiger partial charge in [-0.1, -0.05) is 0 Å². The number of rotatable bonds is 5. The number of nitro groups is 1. The maximum Gasteiger partial charge on any atom is 0.285 e. The van der Waals surface area contributed by atoms with Crippen LogP contribution in [0.15, 0.2) is 17.0 Å². The van der Waals surface area contributed by atoms with E-state index in [9.17, 15) is 14.9 Å². The van der Waals surface area contributed by atoms with Crippen LogP contribution in [0.25, 0.3) is 0 Å². The maximum absolute atomic E-state index is 12.7. The van der Waals surface area contributed by atoms with E-state index >= 15 is 0 Å². The van der Waals surface area contributed by atoms with Crippen molar-refractivity contribution in [2.24, 2.45) is 11.7 Å². The Morgan fingerprint density at radius 2 is 2.13 bits per heavy atom. The van der Waals surface area contributed by atoms with Gasteiger partial charge in [0, 0.05) is 13.1 Å². The average molecular weight is 339 g/mol. The topological polar surface area (TPSA) is 98.7 Å². The van der Waals surface area contributed by atoms with Gasteiger partial charge < -0.3 is 15.4 Å². The van der Waals surface area contributed by atoms with E-state index in [0.29, 0.717) is 36.2 Å². The van der Waals surface area contributed by atoms with Crippen LogP contribution in [0.2, 0.25) is 0 Å². The van der Waals surface area contributed by atoms with Gasteiger partial charge in [0.05, 0.1) is 23.0 Å². The van der Waals surface area contributed by atoms with E-state index in [2.05, 4.69) is 0 Å². The first kappa shape index (κ1) is 17.6. The molecule has 0 atom stereocenters. The molecule has 1 aliphatic heterocycles. The molecule has 1 heterocycles. The predicted octanol–water partition coefficient (Wildman–Crippen LogP) is 2.14. The minimum Gasteiger partial charge on any atom is -0.495 e. The number of nitrogens with two attached hydrogens (primary N) is 1. The number of thioether (sulfide) groups is 1. The molecule has 126 valence electrons. The van der Waals surface area contributed by atoms with Crippen LogP contribution >= 0.6 is 11.8 Å². The lowest BCUT2D eigenvalue weighted by atomic mass is 9.96. The molecule has 8 heteroatoms. The fraction of sp³-hybridized carbons (Fsp3) is 0.533. The van der Waals surface area contributed by atoms with Gasteiger partial charge in [0.2, 0.25) is 0 Å². The van der Waals surface area contributed by atoms with Crippen molar-refractivity contribution in [1.29, 1.82) is 0 Å². The van der Waals surface area contributed by atoms with E-state index in [1.807, 2.05) is 6.26 Å². The average Bonchev–Trinajstić information content (AvgIpc) is 2.59. The molecular weight excluding hydrogens is 318 g/mol. The number of ether oxygens (including phenoxy) is 1. The lowest BCUT2D eigenvalue weighted by Gasteiger charge is -2.31. The van der Waals surface area contributed by atoms with Gasteiger partial charge in [-0.25, -0.2) is 0 Å². The van der Waals surface area contributed by atoms with Crippen LogP contribution in [-0.4, -0.2) is 48.7 Å². The standard InChI is InChI=1S/C15H21N3O4S/c1-22-13-8-12(18(20)21)11(7-14(13)23-2)15(19)17-5-3-10(9-16)4-6-17/h7-8,10H,3-6,9,16H2,1-2H3. The highest BCUT2D eigenvalue weighted by molar-refractivity contribution is 7.98. The molecule has 1 aromatic rings. The molecule has 0 radical (unpaired) electrons.